The Kier molecular flexibility index (Phi) is 3.16. The normalized spacial score (nSPS) is 14.4. The Morgan fingerprint density at radius 1 is 1.18 bits per heavy atom. The maximum absolute atomic E-state index is 14.1. The van der Waals surface area contributed by atoms with Gasteiger partial charge in [0.25, 0.3) is 5.91 Å². The number of nitrogens with zero attached hydrogens (tertiary/aromatic N) is 2. The standard InChI is InChI=1S/C15H10F4N2O/c1-21-7-11-9(14(21)22)4-5-20-13(11)10-3-2-8(6-12(10)16)15(17,18)19/h2-6H,7H2,1H3. The molecule has 2 heterocycles. The highest BCUT2D eigenvalue weighted by Gasteiger charge is 2.32. The highest BCUT2D eigenvalue weighted by molar-refractivity contribution is 5.99. The summed E-state index contributed by atoms with van der Waals surface area (Å²) in [4.78, 5) is 17.4. The van der Waals surface area contributed by atoms with Gasteiger partial charge in [-0.2, -0.15) is 13.2 Å². The molecule has 0 saturated carbocycles. The molecule has 114 valence electrons. The predicted octanol–water partition coefficient (Wildman–Crippen LogP) is 3.49. The molecule has 0 atom stereocenters. The Morgan fingerprint density at radius 3 is 2.55 bits per heavy atom. The number of alkyl halides is 3. The van der Waals surface area contributed by atoms with Gasteiger partial charge in [0.15, 0.2) is 0 Å². The molecule has 3 rings (SSSR count). The zero-order chi connectivity index (χ0) is 16.1. The van der Waals surface area contributed by atoms with Crippen molar-refractivity contribution in [1.29, 1.82) is 0 Å². The first-order valence-corrected chi connectivity index (χ1v) is 6.39. The second-order valence-corrected chi connectivity index (χ2v) is 5.04. The van der Waals surface area contributed by atoms with E-state index in [1.807, 2.05) is 0 Å². The van der Waals surface area contributed by atoms with Crippen LogP contribution in [0.5, 0.6) is 0 Å². The minimum absolute atomic E-state index is 0.0482. The lowest BCUT2D eigenvalue weighted by atomic mass is 10.0. The summed E-state index contributed by atoms with van der Waals surface area (Å²) in [7, 11) is 1.59. The molecule has 22 heavy (non-hydrogen) atoms. The van der Waals surface area contributed by atoms with Crippen LogP contribution >= 0.6 is 0 Å². The van der Waals surface area contributed by atoms with E-state index in [1.165, 1.54) is 17.2 Å². The highest BCUT2D eigenvalue weighted by atomic mass is 19.4. The second-order valence-electron chi connectivity index (χ2n) is 5.04. The van der Waals surface area contributed by atoms with Crippen molar-refractivity contribution in [1.82, 2.24) is 9.88 Å². The molecule has 0 unspecified atom stereocenters. The number of benzene rings is 1. The quantitative estimate of drug-likeness (QED) is 0.755. The average molecular weight is 310 g/mol. The Labute approximate surface area is 123 Å². The van der Waals surface area contributed by atoms with E-state index in [9.17, 15) is 22.4 Å². The number of amides is 1. The molecule has 0 N–H and O–H groups in total. The molecule has 1 amide bonds. The van der Waals surface area contributed by atoms with Crippen LogP contribution in [0.15, 0.2) is 30.5 Å². The van der Waals surface area contributed by atoms with Gasteiger partial charge in [-0.1, -0.05) is 0 Å². The molecule has 3 nitrogen and oxygen atoms in total. The van der Waals surface area contributed by atoms with Gasteiger partial charge in [-0.15, -0.1) is 0 Å². The molecule has 0 saturated heterocycles. The van der Waals surface area contributed by atoms with E-state index in [2.05, 4.69) is 4.98 Å². The lowest BCUT2D eigenvalue weighted by Crippen LogP contribution is -2.17. The molecule has 0 aliphatic carbocycles. The Bertz CT molecular complexity index is 771. The third kappa shape index (κ3) is 2.22. The molecule has 7 heteroatoms. The van der Waals surface area contributed by atoms with Crippen LogP contribution in [-0.4, -0.2) is 22.8 Å². The largest absolute Gasteiger partial charge is 0.416 e. The molecule has 1 aliphatic rings. The first-order valence-electron chi connectivity index (χ1n) is 6.39. The molecule has 0 fully saturated rings. The summed E-state index contributed by atoms with van der Waals surface area (Å²) in [5.41, 5.74) is 0.00403. The number of halogens is 4. The van der Waals surface area contributed by atoms with Gasteiger partial charge >= 0.3 is 6.18 Å². The van der Waals surface area contributed by atoms with E-state index < -0.39 is 17.6 Å². The predicted molar refractivity (Wildman–Crippen MR) is 70.4 cm³/mol. The average Bonchev–Trinajstić information content (AvgIpc) is 2.74. The van der Waals surface area contributed by atoms with Crippen molar-refractivity contribution in [2.75, 3.05) is 7.05 Å². The summed E-state index contributed by atoms with van der Waals surface area (Å²) in [6.07, 6.45) is -3.26. The van der Waals surface area contributed by atoms with Crippen LogP contribution in [-0.2, 0) is 12.7 Å². The van der Waals surface area contributed by atoms with Gasteiger partial charge in [0.05, 0.1) is 11.3 Å². The maximum Gasteiger partial charge on any atom is 0.416 e. The maximum atomic E-state index is 14.1. The van der Waals surface area contributed by atoms with Crippen molar-refractivity contribution in [2.24, 2.45) is 0 Å². The third-order valence-corrected chi connectivity index (χ3v) is 3.58. The molecule has 1 aromatic heterocycles. The van der Waals surface area contributed by atoms with Gasteiger partial charge in [-0.25, -0.2) is 4.39 Å². The number of carbonyl (C=O) groups is 1. The van der Waals surface area contributed by atoms with Crippen LogP contribution in [0.2, 0.25) is 0 Å². The molecule has 0 spiro atoms. The summed E-state index contributed by atoms with van der Waals surface area (Å²) < 4.78 is 51.9. The summed E-state index contributed by atoms with van der Waals surface area (Å²) in [6, 6.07) is 3.81. The zero-order valence-electron chi connectivity index (χ0n) is 11.4. The number of hydrogen-bond acceptors (Lipinski definition) is 2. The number of hydrogen-bond donors (Lipinski definition) is 0. The number of aromatic nitrogens is 1. The lowest BCUT2D eigenvalue weighted by Gasteiger charge is -2.11. The molecular formula is C15H10F4N2O. The summed E-state index contributed by atoms with van der Waals surface area (Å²) >= 11 is 0. The van der Waals surface area contributed by atoms with Crippen LogP contribution in [0.1, 0.15) is 21.5 Å². The van der Waals surface area contributed by atoms with E-state index in [0.717, 1.165) is 12.1 Å². The SMILES string of the molecule is CN1Cc2c(ccnc2-c2ccc(C(F)(F)F)cc2F)C1=O. The minimum atomic E-state index is -4.61. The molecule has 1 aliphatic heterocycles. The molecule has 1 aromatic carbocycles. The van der Waals surface area contributed by atoms with E-state index in [-0.39, 0.29) is 23.7 Å². The number of rotatable bonds is 1. The Hall–Kier alpha value is -2.44. The first kappa shape index (κ1) is 14.5. The number of fused-ring (bicyclic) bond motifs is 1. The van der Waals surface area contributed by atoms with Crippen LogP contribution in [0.25, 0.3) is 11.3 Å². The van der Waals surface area contributed by atoms with Crippen molar-refractivity contribution in [3.8, 4) is 11.3 Å². The fourth-order valence-electron chi connectivity index (χ4n) is 2.48. The van der Waals surface area contributed by atoms with Gasteiger partial charge in [-0.3, -0.25) is 9.78 Å². The Morgan fingerprint density at radius 2 is 1.91 bits per heavy atom. The topological polar surface area (TPSA) is 33.2 Å². The monoisotopic (exact) mass is 310 g/mol. The van der Waals surface area contributed by atoms with Gasteiger partial charge in [0, 0.05) is 36.5 Å². The van der Waals surface area contributed by atoms with Crippen LogP contribution in [0.4, 0.5) is 17.6 Å². The van der Waals surface area contributed by atoms with E-state index >= 15 is 0 Å². The highest BCUT2D eigenvalue weighted by Crippen LogP contribution is 2.35. The van der Waals surface area contributed by atoms with Gasteiger partial charge in [0.2, 0.25) is 0 Å². The summed E-state index contributed by atoms with van der Waals surface area (Å²) in [6.45, 7) is 0.248. The smallest absolute Gasteiger partial charge is 0.337 e. The second kappa shape index (κ2) is 4.79. The first-order chi connectivity index (χ1) is 10.3. The summed E-state index contributed by atoms with van der Waals surface area (Å²) in [5.74, 6) is -1.23. The number of pyridine rings is 1. The molecule has 0 bridgehead atoms. The zero-order valence-corrected chi connectivity index (χ0v) is 11.4. The fraction of sp³-hybridized carbons (Fsp3) is 0.200. The van der Waals surface area contributed by atoms with E-state index in [4.69, 9.17) is 0 Å². The van der Waals surface area contributed by atoms with Gasteiger partial charge < -0.3 is 4.90 Å². The van der Waals surface area contributed by atoms with Crippen LogP contribution < -0.4 is 0 Å². The molecule has 0 radical (unpaired) electrons. The van der Waals surface area contributed by atoms with Crippen molar-refractivity contribution < 1.29 is 22.4 Å². The van der Waals surface area contributed by atoms with Crippen molar-refractivity contribution in [2.45, 2.75) is 12.7 Å². The van der Waals surface area contributed by atoms with E-state index in [0.29, 0.717) is 17.2 Å². The minimum Gasteiger partial charge on any atom is -0.337 e. The van der Waals surface area contributed by atoms with Crippen molar-refractivity contribution in [3.63, 3.8) is 0 Å². The van der Waals surface area contributed by atoms with Crippen molar-refractivity contribution in [3.05, 3.63) is 53.0 Å². The lowest BCUT2D eigenvalue weighted by molar-refractivity contribution is -0.137. The third-order valence-electron chi connectivity index (χ3n) is 3.58. The van der Waals surface area contributed by atoms with Crippen LogP contribution in [0, 0.1) is 5.82 Å². The van der Waals surface area contributed by atoms with Gasteiger partial charge in [0.1, 0.15) is 5.82 Å². The Balaban J connectivity index is 2.13. The van der Waals surface area contributed by atoms with Crippen LogP contribution in [0.3, 0.4) is 0 Å². The molecule has 2 aromatic rings. The summed E-state index contributed by atoms with van der Waals surface area (Å²) in [5, 5.41) is 0. The molecular weight excluding hydrogens is 300 g/mol. The number of carbonyl (C=O) groups excluding carboxylic acids is 1. The fourth-order valence-corrected chi connectivity index (χ4v) is 2.48. The van der Waals surface area contributed by atoms with E-state index in [1.54, 1.807) is 7.05 Å². The van der Waals surface area contributed by atoms with Crippen molar-refractivity contribution >= 4 is 5.91 Å². The van der Waals surface area contributed by atoms with Gasteiger partial charge in [-0.05, 0) is 24.3 Å².